The lowest BCUT2D eigenvalue weighted by atomic mass is 9.78. The third-order valence-electron chi connectivity index (χ3n) is 15.4. The summed E-state index contributed by atoms with van der Waals surface area (Å²) in [7, 11) is -0.842. The number of benzene rings is 8. The Kier molecular flexibility index (Phi) is 9.68. The van der Waals surface area contributed by atoms with E-state index in [0.29, 0.717) is 0 Å². The average Bonchev–Trinajstić information content (AvgIpc) is 4.00. The maximum absolute atomic E-state index is 6.43. The van der Waals surface area contributed by atoms with Crippen molar-refractivity contribution in [2.75, 3.05) is 0 Å². The maximum atomic E-state index is 6.43. The van der Waals surface area contributed by atoms with E-state index in [9.17, 15) is 0 Å². The molecule has 0 spiro atoms. The van der Waals surface area contributed by atoms with Crippen LogP contribution in [0.25, 0.3) is 88.4 Å². The molecule has 0 saturated carbocycles. The first kappa shape index (κ1) is 42.7. The second kappa shape index (κ2) is 15.4. The van der Waals surface area contributed by atoms with Crippen molar-refractivity contribution >= 4 is 68.8 Å². The molecule has 0 bridgehead atoms. The third-order valence-corrected chi connectivity index (χ3v) is 15.4. The number of fused-ring (bicyclic) bond motifs is 6. The molecule has 0 atom stereocenters. The van der Waals surface area contributed by atoms with Gasteiger partial charge in [0, 0.05) is 32.9 Å². The number of aromatic nitrogens is 2. The molecule has 8 heteroatoms. The van der Waals surface area contributed by atoms with Gasteiger partial charge in [-0.2, -0.15) is 0 Å². The summed E-state index contributed by atoms with van der Waals surface area (Å²) in [6.45, 7) is 16.8. The van der Waals surface area contributed by atoms with Gasteiger partial charge in [0.2, 0.25) is 0 Å². The molecule has 2 fully saturated rings. The summed E-state index contributed by atoms with van der Waals surface area (Å²) in [6, 6.07) is 66.2. The minimum absolute atomic E-state index is 0.405. The van der Waals surface area contributed by atoms with Gasteiger partial charge in [0.15, 0.2) is 0 Å². The molecular formula is C60H54B2N2O4. The lowest BCUT2D eigenvalue weighted by molar-refractivity contribution is 0.00578. The van der Waals surface area contributed by atoms with Crippen LogP contribution in [0.15, 0.2) is 182 Å². The van der Waals surface area contributed by atoms with Gasteiger partial charge < -0.3 is 27.8 Å². The fourth-order valence-corrected chi connectivity index (χ4v) is 10.2. The minimum atomic E-state index is -0.421. The first-order valence-electron chi connectivity index (χ1n) is 23.8. The largest absolute Gasteiger partial charge is 0.494 e. The van der Waals surface area contributed by atoms with Gasteiger partial charge in [0.05, 0.1) is 44.5 Å². The Morgan fingerprint density at radius 1 is 0.294 bits per heavy atom. The average molecular weight is 889 g/mol. The molecule has 12 rings (SSSR count). The molecule has 0 radical (unpaired) electrons. The van der Waals surface area contributed by atoms with Crippen LogP contribution in [-0.4, -0.2) is 45.8 Å². The molecular weight excluding hydrogens is 834 g/mol. The van der Waals surface area contributed by atoms with E-state index >= 15 is 0 Å². The first-order valence-corrected chi connectivity index (χ1v) is 23.8. The highest BCUT2D eigenvalue weighted by atomic mass is 16.7. The molecule has 2 aliphatic heterocycles. The molecule has 2 aromatic heterocycles. The maximum Gasteiger partial charge on any atom is 0.494 e. The smallest absolute Gasteiger partial charge is 0.399 e. The molecule has 334 valence electrons. The fourth-order valence-electron chi connectivity index (χ4n) is 10.2. The van der Waals surface area contributed by atoms with Crippen LogP contribution in [-0.2, 0) is 18.6 Å². The number of hydrogen-bond acceptors (Lipinski definition) is 4. The van der Waals surface area contributed by atoms with Crippen molar-refractivity contribution < 1.29 is 18.6 Å². The normalized spacial score (nSPS) is 17.3. The standard InChI is InChI=1S/C60H54B2N2O4/c1-57(2)58(3,4)66-61(65-57)45-21-13-17-39(33-45)41-19-15-23-47(35-41)63-53-27-11-9-25-49(53)51-37-43(29-31-55(51)63)44-30-32-56-52(38-44)50-26-10-12-28-54(50)64(56)48-24-16-20-42(36-48)40-18-14-22-46(34-40)62-67-59(5,6)60(7,8)68-62/h9-38H,1-8H3. The van der Waals surface area contributed by atoms with E-state index in [1.807, 2.05) is 0 Å². The summed E-state index contributed by atoms with van der Waals surface area (Å²) in [4.78, 5) is 0. The molecule has 8 aromatic carbocycles. The second-order valence-corrected chi connectivity index (χ2v) is 20.7. The van der Waals surface area contributed by atoms with Crippen LogP contribution in [0, 0.1) is 0 Å². The summed E-state index contributed by atoms with van der Waals surface area (Å²) >= 11 is 0. The van der Waals surface area contributed by atoms with Gasteiger partial charge in [-0.15, -0.1) is 0 Å². The molecule has 6 nitrogen and oxygen atoms in total. The van der Waals surface area contributed by atoms with Gasteiger partial charge in [-0.3, -0.25) is 0 Å². The summed E-state index contributed by atoms with van der Waals surface area (Å²) in [5, 5.41) is 4.87. The first-order chi connectivity index (χ1) is 32.6. The molecule has 0 unspecified atom stereocenters. The Balaban J connectivity index is 0.899. The van der Waals surface area contributed by atoms with Gasteiger partial charge in [0.1, 0.15) is 0 Å². The van der Waals surface area contributed by atoms with Crippen molar-refractivity contribution in [3.8, 4) is 44.8 Å². The Labute approximate surface area is 399 Å². The molecule has 0 aliphatic carbocycles. The Bertz CT molecular complexity index is 3370. The molecule has 2 saturated heterocycles. The Morgan fingerprint density at radius 3 is 1.01 bits per heavy atom. The zero-order valence-corrected chi connectivity index (χ0v) is 40.0. The van der Waals surface area contributed by atoms with Crippen LogP contribution in [0.4, 0.5) is 0 Å². The van der Waals surface area contributed by atoms with Crippen molar-refractivity contribution in [1.82, 2.24) is 9.13 Å². The van der Waals surface area contributed by atoms with E-state index < -0.39 is 36.6 Å². The molecule has 2 aliphatic rings. The molecule has 10 aromatic rings. The molecule has 4 heterocycles. The summed E-state index contributed by atoms with van der Waals surface area (Å²) < 4.78 is 30.5. The Morgan fingerprint density at radius 2 is 0.618 bits per heavy atom. The molecule has 0 N–H and O–H groups in total. The van der Waals surface area contributed by atoms with Crippen LogP contribution < -0.4 is 10.9 Å². The van der Waals surface area contributed by atoms with Gasteiger partial charge in [-0.1, -0.05) is 121 Å². The quantitative estimate of drug-likeness (QED) is 0.150. The van der Waals surface area contributed by atoms with Gasteiger partial charge in [0.25, 0.3) is 0 Å². The van der Waals surface area contributed by atoms with Crippen molar-refractivity contribution in [2.45, 2.75) is 77.8 Å². The molecule has 68 heavy (non-hydrogen) atoms. The summed E-state index contributed by atoms with van der Waals surface area (Å²) in [5.74, 6) is 0. The highest BCUT2D eigenvalue weighted by Gasteiger charge is 2.52. The van der Waals surface area contributed by atoms with Crippen LogP contribution >= 0.6 is 0 Å². The zero-order valence-electron chi connectivity index (χ0n) is 40.0. The minimum Gasteiger partial charge on any atom is -0.399 e. The predicted octanol–water partition coefficient (Wildman–Crippen LogP) is 13.5. The number of nitrogens with zero attached hydrogens (tertiary/aromatic N) is 2. The van der Waals surface area contributed by atoms with E-state index in [-0.39, 0.29) is 0 Å². The topological polar surface area (TPSA) is 46.8 Å². The van der Waals surface area contributed by atoms with E-state index in [1.165, 1.54) is 43.7 Å². The van der Waals surface area contributed by atoms with E-state index in [1.54, 1.807) is 0 Å². The highest BCUT2D eigenvalue weighted by Crippen LogP contribution is 2.41. The predicted molar refractivity (Wildman–Crippen MR) is 283 cm³/mol. The van der Waals surface area contributed by atoms with Crippen LogP contribution in [0.3, 0.4) is 0 Å². The van der Waals surface area contributed by atoms with Gasteiger partial charge in [-0.05, 0) is 160 Å². The van der Waals surface area contributed by atoms with Crippen molar-refractivity contribution in [1.29, 1.82) is 0 Å². The summed E-state index contributed by atoms with van der Waals surface area (Å²) in [5.41, 5.74) is 14.2. The van der Waals surface area contributed by atoms with Crippen LogP contribution in [0.2, 0.25) is 0 Å². The lowest BCUT2D eigenvalue weighted by Crippen LogP contribution is -2.41. The third kappa shape index (κ3) is 6.88. The SMILES string of the molecule is CC1(C)OB(c2cccc(-c3cccc(-n4c5ccccc5c5cc(-c6ccc7c(c6)c6ccccc6n7-c6cccc(-c7cccc(B8OC(C)(C)C(C)(C)O8)c7)c6)ccc54)c3)c2)OC1(C)C. The fraction of sp³-hybridized carbons (Fsp3) is 0.200. The van der Waals surface area contributed by atoms with Gasteiger partial charge >= 0.3 is 14.2 Å². The van der Waals surface area contributed by atoms with Crippen LogP contribution in [0.5, 0.6) is 0 Å². The van der Waals surface area contributed by atoms with Crippen molar-refractivity contribution in [3.63, 3.8) is 0 Å². The second-order valence-electron chi connectivity index (χ2n) is 20.7. The van der Waals surface area contributed by atoms with E-state index in [4.69, 9.17) is 18.6 Å². The monoisotopic (exact) mass is 888 g/mol. The molecule has 0 amide bonds. The van der Waals surface area contributed by atoms with Crippen LogP contribution in [0.1, 0.15) is 55.4 Å². The zero-order chi connectivity index (χ0) is 46.7. The van der Waals surface area contributed by atoms with E-state index in [0.717, 1.165) is 55.6 Å². The van der Waals surface area contributed by atoms with Gasteiger partial charge in [-0.25, -0.2) is 0 Å². The number of para-hydroxylation sites is 2. The lowest BCUT2D eigenvalue weighted by Gasteiger charge is -2.32. The number of rotatable bonds is 7. The summed E-state index contributed by atoms with van der Waals surface area (Å²) in [6.07, 6.45) is 0. The number of hydrogen-bond donors (Lipinski definition) is 0. The Hall–Kier alpha value is -6.67. The van der Waals surface area contributed by atoms with E-state index in [2.05, 4.69) is 247 Å². The van der Waals surface area contributed by atoms with Crippen molar-refractivity contribution in [3.05, 3.63) is 182 Å². The highest BCUT2D eigenvalue weighted by molar-refractivity contribution is 6.62. The van der Waals surface area contributed by atoms with Crippen molar-refractivity contribution in [2.24, 2.45) is 0 Å².